The van der Waals surface area contributed by atoms with E-state index < -0.39 is 54.4 Å². The fraction of sp³-hybridized carbons (Fsp3) is 0. The molecule has 0 fully saturated rings. The summed E-state index contributed by atoms with van der Waals surface area (Å²) in [5.41, 5.74) is -2.00. The maximum Gasteiger partial charge on any atom is 0.440 e. The van der Waals surface area contributed by atoms with Gasteiger partial charge in [-0.25, -0.2) is 0 Å². The maximum absolute atomic E-state index is 10.8. The first-order chi connectivity index (χ1) is 10.2. The lowest BCUT2D eigenvalue weighted by atomic mass is 10.3. The summed E-state index contributed by atoms with van der Waals surface area (Å²) < 4.78 is 9.09. The summed E-state index contributed by atoms with van der Waals surface area (Å²) >= 11 is 0. The van der Waals surface area contributed by atoms with Gasteiger partial charge >= 0.3 is 23.1 Å². The molecule has 14 heteroatoms. The van der Waals surface area contributed by atoms with E-state index in [1.54, 1.807) is 0 Å². The van der Waals surface area contributed by atoms with Crippen LogP contribution >= 0.6 is 0 Å². The van der Waals surface area contributed by atoms with Gasteiger partial charge in [-0.15, -0.1) is 0 Å². The van der Waals surface area contributed by atoms with Crippen molar-refractivity contribution in [1.82, 2.24) is 0 Å². The molecule has 0 atom stereocenters. The van der Waals surface area contributed by atoms with E-state index in [0.717, 1.165) is 0 Å². The molecule has 0 aliphatic carbocycles. The fourth-order valence-electron chi connectivity index (χ4n) is 1.51. The minimum Gasteiger partial charge on any atom is -0.389 e. The molecule has 2 rings (SSSR count). The molecule has 0 amide bonds. The van der Waals surface area contributed by atoms with Gasteiger partial charge in [-0.05, 0) is 0 Å². The van der Waals surface area contributed by atoms with E-state index in [-0.39, 0.29) is 0 Å². The monoisotopic (exact) mass is 314 g/mol. The first kappa shape index (κ1) is 14.6. The Kier molecular flexibility index (Phi) is 3.26. The van der Waals surface area contributed by atoms with E-state index in [4.69, 9.17) is 0 Å². The second kappa shape index (κ2) is 4.93. The van der Waals surface area contributed by atoms with Crippen molar-refractivity contribution in [1.29, 1.82) is 0 Å². The van der Waals surface area contributed by atoms with Gasteiger partial charge in [0.15, 0.2) is 0 Å². The van der Waals surface area contributed by atoms with Gasteiger partial charge in [0.05, 0.1) is 9.85 Å². The number of furan rings is 2. The summed E-state index contributed by atoms with van der Waals surface area (Å²) in [6.45, 7) is 0. The lowest BCUT2D eigenvalue weighted by molar-refractivity contribution is -0.403. The van der Waals surface area contributed by atoms with E-state index in [1.807, 2.05) is 0 Å². The van der Waals surface area contributed by atoms with E-state index in [9.17, 15) is 40.5 Å². The van der Waals surface area contributed by atoms with Crippen LogP contribution in [0.15, 0.2) is 21.0 Å². The highest BCUT2D eigenvalue weighted by Crippen LogP contribution is 2.43. The molecule has 0 saturated heterocycles. The summed E-state index contributed by atoms with van der Waals surface area (Å²) in [7, 11) is 0. The SMILES string of the molecule is O=[N+]([O-])c1cc([N+](=O)[O-])c(-c2oc([N+](=O)[O-])cc2[N+](=O)[O-])o1. The van der Waals surface area contributed by atoms with E-state index in [2.05, 4.69) is 8.83 Å². The molecule has 0 saturated carbocycles. The minimum absolute atomic E-state index is 0.410. The number of rotatable bonds is 5. The molecule has 0 aliphatic heterocycles. The van der Waals surface area contributed by atoms with Gasteiger partial charge in [0.1, 0.15) is 22.0 Å². The van der Waals surface area contributed by atoms with Crippen molar-refractivity contribution in [2.45, 2.75) is 0 Å². The molecule has 0 bridgehead atoms. The summed E-state index contributed by atoms with van der Waals surface area (Å²) in [5, 5.41) is 42.8. The third-order valence-electron chi connectivity index (χ3n) is 2.36. The first-order valence-corrected chi connectivity index (χ1v) is 5.08. The molecule has 0 aliphatic rings. The molecule has 2 heterocycles. The normalized spacial score (nSPS) is 10.4. The number of hydrogen-bond acceptors (Lipinski definition) is 10. The van der Waals surface area contributed by atoms with Crippen LogP contribution in [0.4, 0.5) is 23.1 Å². The standard InChI is InChI=1S/C8H2N4O10/c13-9(14)3-1-5(11(17)18)21-7(3)8-4(10(15)16)2-6(22-8)12(19)20/h1-2H. The van der Waals surface area contributed by atoms with Crippen LogP contribution in [0.5, 0.6) is 0 Å². The third kappa shape index (κ3) is 2.30. The third-order valence-corrected chi connectivity index (χ3v) is 2.36. The molecule has 0 aromatic carbocycles. The Bertz CT molecular complexity index is 749. The average molecular weight is 314 g/mol. The molecule has 2 aromatic heterocycles. The molecule has 22 heavy (non-hydrogen) atoms. The van der Waals surface area contributed by atoms with Gasteiger partial charge in [0, 0.05) is 0 Å². The van der Waals surface area contributed by atoms with Gasteiger partial charge in [-0.3, -0.25) is 40.5 Å². The Balaban J connectivity index is 2.75. The van der Waals surface area contributed by atoms with Crippen LogP contribution in [0.2, 0.25) is 0 Å². The van der Waals surface area contributed by atoms with E-state index in [0.29, 0.717) is 12.1 Å². The van der Waals surface area contributed by atoms with Crippen LogP contribution in [0.25, 0.3) is 11.5 Å². The van der Waals surface area contributed by atoms with Crippen molar-refractivity contribution in [3.8, 4) is 11.5 Å². The second-order valence-electron chi connectivity index (χ2n) is 3.63. The Morgan fingerprint density at radius 1 is 0.636 bits per heavy atom. The second-order valence-corrected chi connectivity index (χ2v) is 3.63. The van der Waals surface area contributed by atoms with Gasteiger partial charge in [0.2, 0.25) is 0 Å². The van der Waals surface area contributed by atoms with Crippen LogP contribution in [0, 0.1) is 40.5 Å². The van der Waals surface area contributed by atoms with Gasteiger partial charge < -0.3 is 8.83 Å². The lowest BCUT2D eigenvalue weighted by Crippen LogP contribution is -1.90. The molecule has 0 spiro atoms. The summed E-state index contributed by atoms with van der Waals surface area (Å²) in [5.74, 6) is -4.07. The van der Waals surface area contributed by atoms with Crippen molar-refractivity contribution in [2.24, 2.45) is 0 Å². The zero-order valence-corrected chi connectivity index (χ0v) is 10.0. The van der Waals surface area contributed by atoms with E-state index in [1.165, 1.54) is 0 Å². The van der Waals surface area contributed by atoms with Crippen LogP contribution in [0.1, 0.15) is 0 Å². The lowest BCUT2D eigenvalue weighted by Gasteiger charge is -1.91. The van der Waals surface area contributed by atoms with Crippen molar-refractivity contribution in [2.75, 3.05) is 0 Å². The Morgan fingerprint density at radius 2 is 0.955 bits per heavy atom. The Labute approximate surface area is 117 Å². The maximum atomic E-state index is 10.8. The quantitative estimate of drug-likeness (QED) is 0.581. The summed E-state index contributed by atoms with van der Waals surface area (Å²) in [4.78, 5) is 38.4. The molecule has 114 valence electrons. The molecular formula is C8H2N4O10. The van der Waals surface area contributed by atoms with Crippen molar-refractivity contribution < 1.29 is 28.5 Å². The molecule has 0 radical (unpaired) electrons. The van der Waals surface area contributed by atoms with Crippen molar-refractivity contribution in [3.05, 3.63) is 52.6 Å². The van der Waals surface area contributed by atoms with Gasteiger partial charge in [-0.2, -0.15) is 0 Å². The van der Waals surface area contributed by atoms with Crippen LogP contribution in [-0.4, -0.2) is 19.7 Å². The zero-order chi connectivity index (χ0) is 16.6. The highest BCUT2D eigenvalue weighted by molar-refractivity contribution is 5.74. The smallest absolute Gasteiger partial charge is 0.389 e. The van der Waals surface area contributed by atoms with Crippen LogP contribution < -0.4 is 0 Å². The van der Waals surface area contributed by atoms with Gasteiger partial charge in [0.25, 0.3) is 11.5 Å². The highest BCUT2D eigenvalue weighted by atomic mass is 16.7. The number of nitrogens with zero attached hydrogens (tertiary/aromatic N) is 4. The van der Waals surface area contributed by atoms with E-state index >= 15 is 0 Å². The molecule has 0 N–H and O–H groups in total. The Morgan fingerprint density at radius 3 is 1.18 bits per heavy atom. The summed E-state index contributed by atoms with van der Waals surface area (Å²) in [6.07, 6.45) is 0. The summed E-state index contributed by atoms with van der Waals surface area (Å²) in [6, 6.07) is 0.820. The highest BCUT2D eigenvalue weighted by Gasteiger charge is 2.38. The number of nitro groups is 4. The largest absolute Gasteiger partial charge is 0.440 e. The average Bonchev–Trinajstić information content (AvgIpc) is 3.02. The zero-order valence-electron chi connectivity index (χ0n) is 10.0. The topological polar surface area (TPSA) is 199 Å². The predicted molar refractivity (Wildman–Crippen MR) is 63.0 cm³/mol. The van der Waals surface area contributed by atoms with Gasteiger partial charge in [-0.1, -0.05) is 0 Å². The molecule has 0 unspecified atom stereocenters. The van der Waals surface area contributed by atoms with Crippen molar-refractivity contribution >= 4 is 23.1 Å². The predicted octanol–water partition coefficient (Wildman–Crippen LogP) is 2.17. The molecule has 14 nitrogen and oxygen atoms in total. The number of hydrogen-bond donors (Lipinski definition) is 0. The van der Waals surface area contributed by atoms with Crippen molar-refractivity contribution in [3.63, 3.8) is 0 Å². The minimum atomic E-state index is -1.11. The van der Waals surface area contributed by atoms with Crippen LogP contribution in [-0.2, 0) is 0 Å². The van der Waals surface area contributed by atoms with Crippen LogP contribution in [0.3, 0.4) is 0 Å². The Hall–Kier alpha value is -3.84. The molecular weight excluding hydrogens is 312 g/mol. The first-order valence-electron chi connectivity index (χ1n) is 5.08. The molecule has 2 aromatic rings. The fourth-order valence-corrected chi connectivity index (χ4v) is 1.51.